The predicted octanol–water partition coefficient (Wildman–Crippen LogP) is 3.25. The maximum atomic E-state index is 14.6. The number of rotatable bonds is 10. The van der Waals surface area contributed by atoms with E-state index in [1.807, 2.05) is 27.7 Å². The zero-order valence-electron chi connectivity index (χ0n) is 35.3. The van der Waals surface area contributed by atoms with Crippen molar-refractivity contribution in [1.82, 2.24) is 9.96 Å². The molecule has 4 aliphatic rings. The molecule has 0 radical (unpaired) electrons. The Balaban J connectivity index is 1.61. The van der Waals surface area contributed by atoms with Crippen LogP contribution in [0.3, 0.4) is 0 Å². The molecule has 3 aromatic rings. The van der Waals surface area contributed by atoms with Crippen LogP contribution in [0, 0.1) is 0 Å². The van der Waals surface area contributed by atoms with E-state index in [2.05, 4.69) is 5.32 Å². The number of anilines is 1. The third kappa shape index (κ3) is 8.83. The van der Waals surface area contributed by atoms with Gasteiger partial charge in [-0.1, -0.05) is 26.0 Å². The first kappa shape index (κ1) is 45.8. The van der Waals surface area contributed by atoms with Crippen LogP contribution in [0.5, 0.6) is 11.5 Å². The van der Waals surface area contributed by atoms with E-state index < -0.39 is 105 Å². The lowest BCUT2D eigenvalue weighted by molar-refractivity contribution is -0.197. The van der Waals surface area contributed by atoms with Crippen molar-refractivity contribution in [1.29, 1.82) is 0 Å². The lowest BCUT2D eigenvalue weighted by Crippen LogP contribution is -2.39. The number of hydrogen-bond acceptors (Lipinski definition) is 14. The molecular formula is C41H46N4O15S3. The number of ether oxygens (including phenoxy) is 1. The Hall–Kier alpha value is -5.26. The highest BCUT2D eigenvalue weighted by atomic mass is 32.2. The third-order valence-corrected chi connectivity index (χ3v) is 14.0. The minimum Gasteiger partial charge on any atom is -0.453 e. The van der Waals surface area contributed by atoms with Crippen LogP contribution in [0.4, 0.5) is 5.69 Å². The van der Waals surface area contributed by atoms with Crippen LogP contribution in [0.15, 0.2) is 45.1 Å². The molecule has 3 amide bonds. The van der Waals surface area contributed by atoms with E-state index in [0.717, 1.165) is 4.90 Å². The normalized spacial score (nSPS) is 20.0. The first-order valence-electron chi connectivity index (χ1n) is 19.8. The summed E-state index contributed by atoms with van der Waals surface area (Å²) in [4.78, 5) is 61.3. The number of nitrogens with zero attached hydrogens (tertiary/aromatic N) is 3. The molecule has 338 valence electrons. The molecule has 4 aliphatic heterocycles. The SMILES string of the molecule is CC1CC(C)(C)Nc2c1cc1c(c2S(=O)(=O)O)Oc2c(S(=O)(=O)O)c3c(cc2=C1c1ccc(CC(=O)ON2C(=O)CCC2=O)cc1C(=O)N(C)CCS(=O)(=O)O)C(C)CC(C)(C)N=3. The average molecular weight is 931 g/mol. The molecule has 2 unspecified atom stereocenters. The van der Waals surface area contributed by atoms with Gasteiger partial charge in [0.15, 0.2) is 21.3 Å². The zero-order valence-corrected chi connectivity index (χ0v) is 37.7. The van der Waals surface area contributed by atoms with Crippen LogP contribution < -0.4 is 20.6 Å². The molecule has 63 heavy (non-hydrogen) atoms. The summed E-state index contributed by atoms with van der Waals surface area (Å²) in [5, 5.41) is 3.34. The van der Waals surface area contributed by atoms with Gasteiger partial charge in [0.05, 0.1) is 28.8 Å². The summed E-state index contributed by atoms with van der Waals surface area (Å²) in [6, 6.07) is 7.17. The Labute approximate surface area is 363 Å². The first-order chi connectivity index (χ1) is 29.0. The molecule has 0 saturated carbocycles. The van der Waals surface area contributed by atoms with Crippen LogP contribution in [0.2, 0.25) is 0 Å². The molecule has 0 aliphatic carbocycles. The maximum Gasteiger partial charge on any atom is 0.337 e. The predicted molar refractivity (Wildman–Crippen MR) is 224 cm³/mol. The molecular weight excluding hydrogens is 885 g/mol. The Morgan fingerprint density at radius 1 is 0.873 bits per heavy atom. The summed E-state index contributed by atoms with van der Waals surface area (Å²) in [6.45, 7) is 10.3. The van der Waals surface area contributed by atoms with E-state index in [0.29, 0.717) is 29.0 Å². The fraction of sp³-hybridized carbons (Fsp3) is 0.439. The van der Waals surface area contributed by atoms with Gasteiger partial charge in [-0.3, -0.25) is 33.0 Å². The number of nitrogens with one attached hydrogen (secondary N) is 1. The van der Waals surface area contributed by atoms with Gasteiger partial charge in [0.2, 0.25) is 0 Å². The largest absolute Gasteiger partial charge is 0.453 e. The quantitative estimate of drug-likeness (QED) is 0.131. The van der Waals surface area contributed by atoms with E-state index in [-0.39, 0.29) is 68.8 Å². The summed E-state index contributed by atoms with van der Waals surface area (Å²) in [6.07, 6.45) is -0.0245. The zero-order chi connectivity index (χ0) is 46.5. The van der Waals surface area contributed by atoms with Crippen molar-refractivity contribution >= 4 is 65.3 Å². The number of benzene rings is 3. The number of fused-ring (bicyclic) bond motifs is 4. The average Bonchev–Trinajstić information content (AvgIpc) is 3.44. The fourth-order valence-corrected chi connectivity index (χ4v) is 11.1. The highest BCUT2D eigenvalue weighted by Gasteiger charge is 2.42. The van der Waals surface area contributed by atoms with Crippen molar-refractivity contribution in [2.45, 2.75) is 106 Å². The molecule has 3 aromatic carbocycles. The van der Waals surface area contributed by atoms with Gasteiger partial charge in [0, 0.05) is 53.9 Å². The van der Waals surface area contributed by atoms with Crippen molar-refractivity contribution in [2.24, 2.45) is 4.99 Å². The number of imide groups is 1. The number of amides is 3. The van der Waals surface area contributed by atoms with E-state index >= 15 is 0 Å². The van der Waals surface area contributed by atoms with E-state index in [9.17, 15) is 58.1 Å². The lowest BCUT2D eigenvalue weighted by atomic mass is 9.79. The Morgan fingerprint density at radius 2 is 1.49 bits per heavy atom. The Morgan fingerprint density at radius 3 is 2.10 bits per heavy atom. The Kier molecular flexibility index (Phi) is 11.2. The Bertz CT molecular complexity index is 3020. The van der Waals surface area contributed by atoms with Crippen LogP contribution in [0.25, 0.3) is 5.57 Å². The van der Waals surface area contributed by atoms with E-state index in [1.165, 1.54) is 25.2 Å². The van der Waals surface area contributed by atoms with Gasteiger partial charge in [0.1, 0.15) is 0 Å². The second-order valence-electron chi connectivity index (χ2n) is 17.8. The summed E-state index contributed by atoms with van der Waals surface area (Å²) in [5.41, 5.74) is -1.09. The fourth-order valence-electron chi connectivity index (χ4n) is 9.00. The number of hydrogen-bond donors (Lipinski definition) is 4. The molecule has 0 spiro atoms. The van der Waals surface area contributed by atoms with Crippen molar-refractivity contribution in [3.8, 4) is 11.5 Å². The van der Waals surface area contributed by atoms with Gasteiger partial charge >= 0.3 is 5.97 Å². The van der Waals surface area contributed by atoms with Crippen molar-refractivity contribution < 1.29 is 67.7 Å². The standard InChI is InChI=1S/C41H46N4O15S3/c1-20-18-40(3,4)42-33-24(20)16-27-32(28-17-25-21(2)19-41(5,6)43-34(25)38(63(56,57)58)36(28)59-35(27)37(33)62(53,54)55)23-9-8-22(15-31(48)60-45-29(46)10-11-30(45)47)14-26(23)39(49)44(7)12-13-61(50,51)52/h8-9,14,16-17,20-21,42H,10-13,15,18-19H2,1-7H3,(H,50,51,52)(H,53,54,55)(H,56,57,58). The van der Waals surface area contributed by atoms with Crippen LogP contribution in [-0.2, 0) is 56.0 Å². The first-order valence-corrected chi connectivity index (χ1v) is 24.3. The number of carbonyl (C=O) groups is 4. The highest BCUT2D eigenvalue weighted by molar-refractivity contribution is 7.86. The third-order valence-electron chi connectivity index (χ3n) is 11.5. The van der Waals surface area contributed by atoms with Crippen molar-refractivity contribution in [3.63, 3.8) is 0 Å². The van der Waals surface area contributed by atoms with Crippen LogP contribution >= 0.6 is 0 Å². The molecule has 22 heteroatoms. The van der Waals surface area contributed by atoms with Crippen LogP contribution in [-0.4, -0.2) is 103 Å². The molecule has 4 N–H and O–H groups in total. The van der Waals surface area contributed by atoms with Crippen molar-refractivity contribution in [2.75, 3.05) is 24.7 Å². The molecule has 7 rings (SSSR count). The van der Waals surface area contributed by atoms with E-state index in [4.69, 9.17) is 14.6 Å². The van der Waals surface area contributed by atoms with E-state index in [1.54, 1.807) is 26.0 Å². The maximum absolute atomic E-state index is 14.6. The minimum absolute atomic E-state index is 0.0189. The summed E-state index contributed by atoms with van der Waals surface area (Å²) >= 11 is 0. The van der Waals surface area contributed by atoms with Gasteiger partial charge in [-0.25, -0.2) is 4.79 Å². The van der Waals surface area contributed by atoms with Crippen molar-refractivity contribution in [3.05, 3.63) is 74.3 Å². The smallest absolute Gasteiger partial charge is 0.337 e. The molecule has 2 atom stereocenters. The monoisotopic (exact) mass is 930 g/mol. The topological polar surface area (TPSA) is 281 Å². The molecule has 0 aromatic heterocycles. The molecule has 19 nitrogen and oxygen atoms in total. The van der Waals surface area contributed by atoms with Crippen LogP contribution in [0.1, 0.15) is 117 Å². The summed E-state index contributed by atoms with van der Waals surface area (Å²) in [7, 11) is -13.9. The highest BCUT2D eigenvalue weighted by Crippen LogP contribution is 2.52. The minimum atomic E-state index is -5.28. The second-order valence-corrected chi connectivity index (χ2v) is 22.0. The van der Waals surface area contributed by atoms with Gasteiger partial charge < -0.3 is 19.8 Å². The molecule has 1 fully saturated rings. The molecule has 1 saturated heterocycles. The van der Waals surface area contributed by atoms with Gasteiger partial charge in [-0.2, -0.15) is 25.3 Å². The number of carbonyl (C=O) groups excluding carboxylic acids is 4. The lowest BCUT2D eigenvalue weighted by Gasteiger charge is -2.39. The van der Waals surface area contributed by atoms with Gasteiger partial charge in [0.25, 0.3) is 48.1 Å². The van der Waals surface area contributed by atoms with Gasteiger partial charge in [-0.15, -0.1) is 5.06 Å². The molecule has 0 bridgehead atoms. The van der Waals surface area contributed by atoms with Gasteiger partial charge in [-0.05, 0) is 92.8 Å². The second kappa shape index (κ2) is 15.5. The summed E-state index contributed by atoms with van der Waals surface area (Å²) in [5.74, 6) is -6.18. The number of hydroxylamine groups is 2. The molecule has 4 heterocycles. The summed E-state index contributed by atoms with van der Waals surface area (Å²) < 4.78 is 116.